The molecule has 3 N–H and O–H groups in total. The van der Waals surface area contributed by atoms with E-state index in [-0.39, 0.29) is 23.9 Å². The summed E-state index contributed by atoms with van der Waals surface area (Å²) >= 11 is 0. The van der Waals surface area contributed by atoms with Crippen LogP contribution < -0.4 is 15.8 Å². The molecule has 1 aliphatic heterocycles. The van der Waals surface area contributed by atoms with E-state index in [1.807, 2.05) is 47.6 Å². The molecule has 5 rings (SSSR count). The number of rotatable bonds is 6. The van der Waals surface area contributed by atoms with E-state index in [0.29, 0.717) is 41.6 Å². The third-order valence-electron chi connectivity index (χ3n) is 8.20. The van der Waals surface area contributed by atoms with Crippen molar-refractivity contribution >= 4 is 34.3 Å². The van der Waals surface area contributed by atoms with Crippen molar-refractivity contribution in [2.24, 2.45) is 11.1 Å². The highest BCUT2D eigenvalue weighted by Crippen LogP contribution is 2.45. The molecule has 0 radical (unpaired) electrons. The first-order valence-electron chi connectivity index (χ1n) is 13.6. The molecule has 0 saturated heterocycles. The minimum absolute atomic E-state index is 0.0803. The molecule has 1 saturated carbocycles. The Morgan fingerprint density at radius 2 is 1.82 bits per heavy atom. The summed E-state index contributed by atoms with van der Waals surface area (Å²) in [4.78, 5) is 40.6. The Kier molecular flexibility index (Phi) is 6.52. The van der Waals surface area contributed by atoms with E-state index in [9.17, 15) is 9.59 Å². The largest absolute Gasteiger partial charge is 0.474 e. The average molecular weight is 547 g/mol. The molecule has 1 amide bonds. The third-order valence-corrected chi connectivity index (χ3v) is 8.20. The zero-order valence-corrected chi connectivity index (χ0v) is 24.5. The number of aromatic nitrogens is 3. The van der Waals surface area contributed by atoms with E-state index in [0.717, 1.165) is 16.3 Å². The Hall–Kier alpha value is -3.79. The molecule has 2 aliphatic rings. The fourth-order valence-corrected chi connectivity index (χ4v) is 5.58. The number of cyclic esters (lactones) is 1. The summed E-state index contributed by atoms with van der Waals surface area (Å²) in [5, 5.41) is 4.89. The van der Waals surface area contributed by atoms with Crippen LogP contribution in [0.15, 0.2) is 30.6 Å². The number of hydrogen-bond acceptors (Lipinski definition) is 9. The highest BCUT2D eigenvalue weighted by molar-refractivity contribution is 5.93. The van der Waals surface area contributed by atoms with E-state index < -0.39 is 16.6 Å². The molecule has 0 aromatic carbocycles. The molecular formula is C30H38N6O4. The van der Waals surface area contributed by atoms with Crippen molar-refractivity contribution in [3.05, 3.63) is 47.4 Å². The fourth-order valence-electron chi connectivity index (χ4n) is 5.58. The summed E-state index contributed by atoms with van der Waals surface area (Å²) in [6, 6.07) is 5.39. The Labute approximate surface area is 234 Å². The van der Waals surface area contributed by atoms with Crippen molar-refractivity contribution in [1.29, 1.82) is 0 Å². The number of carbonyl (C=O) groups is 2. The predicted molar refractivity (Wildman–Crippen MR) is 153 cm³/mol. The first-order valence-corrected chi connectivity index (χ1v) is 13.6. The zero-order valence-electron chi connectivity index (χ0n) is 24.5. The molecule has 1 aliphatic carbocycles. The normalized spacial score (nSPS) is 23.6. The fraction of sp³-hybridized carbons (Fsp3) is 0.500. The maximum absolute atomic E-state index is 12.5. The van der Waals surface area contributed by atoms with Crippen LogP contribution in [0, 0.1) is 5.41 Å². The van der Waals surface area contributed by atoms with Gasteiger partial charge in [-0.1, -0.05) is 13.8 Å². The van der Waals surface area contributed by atoms with E-state index in [2.05, 4.69) is 15.3 Å². The van der Waals surface area contributed by atoms with Gasteiger partial charge in [0.2, 0.25) is 11.8 Å². The van der Waals surface area contributed by atoms with Gasteiger partial charge >= 0.3 is 5.97 Å². The van der Waals surface area contributed by atoms with Crippen LogP contribution in [0.3, 0.4) is 0 Å². The number of amides is 1. The van der Waals surface area contributed by atoms with Crippen molar-refractivity contribution in [1.82, 2.24) is 19.9 Å². The number of anilines is 2. The topological polar surface area (TPSA) is 133 Å². The first-order chi connectivity index (χ1) is 18.6. The van der Waals surface area contributed by atoms with Gasteiger partial charge in [-0.3, -0.25) is 4.79 Å². The highest BCUT2D eigenvalue weighted by Gasteiger charge is 2.48. The van der Waals surface area contributed by atoms with Gasteiger partial charge in [0.25, 0.3) is 0 Å². The molecule has 40 heavy (non-hydrogen) atoms. The van der Waals surface area contributed by atoms with Crippen molar-refractivity contribution in [3.63, 3.8) is 0 Å². The van der Waals surface area contributed by atoms with Crippen molar-refractivity contribution in [2.45, 2.75) is 77.5 Å². The minimum atomic E-state index is -0.666. The number of hydrogen-bond donors (Lipinski definition) is 2. The molecule has 10 heteroatoms. The second-order valence-corrected chi connectivity index (χ2v) is 12.7. The van der Waals surface area contributed by atoms with Crippen LogP contribution >= 0.6 is 0 Å². The lowest BCUT2D eigenvalue weighted by Gasteiger charge is -2.44. The number of nitrogens with two attached hydrogens (primary N) is 1. The standard InChI is InChI=1S/C30H38N6O4/c1-16-24-18(26(37)40-29(16,4)5)9-10-22(35-24)34-23-11-19-20(14-32-23)25(33-15-21(19)28(2,3)31)39-17-12-30(6,13-17)27(38)36(7)8/h9-11,14-17H,12-13,31H2,1-8H3,(H,32,34,35)/t16-,17?,30?/m1/s1. The Balaban J connectivity index is 1.45. The van der Waals surface area contributed by atoms with E-state index in [1.165, 1.54) is 0 Å². The summed E-state index contributed by atoms with van der Waals surface area (Å²) in [5.41, 5.74) is 6.79. The number of ether oxygens (including phenoxy) is 2. The van der Waals surface area contributed by atoms with Crippen LogP contribution in [-0.2, 0) is 15.1 Å². The van der Waals surface area contributed by atoms with Crippen LogP contribution in [0.2, 0.25) is 0 Å². The summed E-state index contributed by atoms with van der Waals surface area (Å²) in [6.45, 7) is 11.6. The molecule has 0 bridgehead atoms. The minimum Gasteiger partial charge on any atom is -0.474 e. The van der Waals surface area contributed by atoms with Gasteiger partial charge in [0.1, 0.15) is 23.3 Å². The Morgan fingerprint density at radius 1 is 1.12 bits per heavy atom. The van der Waals surface area contributed by atoms with Gasteiger partial charge in [-0.05, 0) is 69.7 Å². The van der Waals surface area contributed by atoms with E-state index >= 15 is 0 Å². The van der Waals surface area contributed by atoms with Crippen LogP contribution in [-0.4, -0.2) is 57.5 Å². The van der Waals surface area contributed by atoms with Gasteiger partial charge in [-0.25, -0.2) is 19.7 Å². The van der Waals surface area contributed by atoms with Crippen LogP contribution in [0.25, 0.3) is 10.8 Å². The molecular weight excluding hydrogens is 508 g/mol. The lowest BCUT2D eigenvalue weighted by atomic mass is 9.67. The Bertz CT molecular complexity index is 1500. The van der Waals surface area contributed by atoms with Gasteiger partial charge < -0.3 is 25.4 Å². The second kappa shape index (κ2) is 9.40. The monoisotopic (exact) mass is 546 g/mol. The number of pyridine rings is 3. The van der Waals surface area contributed by atoms with Crippen molar-refractivity contribution < 1.29 is 19.1 Å². The highest BCUT2D eigenvalue weighted by atomic mass is 16.6. The Morgan fingerprint density at radius 3 is 2.48 bits per heavy atom. The van der Waals surface area contributed by atoms with Crippen LogP contribution in [0.5, 0.6) is 5.88 Å². The molecule has 4 heterocycles. The number of nitrogens with one attached hydrogen (secondary N) is 1. The summed E-state index contributed by atoms with van der Waals surface area (Å²) in [5.74, 6) is 1.26. The van der Waals surface area contributed by atoms with E-state index in [1.54, 1.807) is 43.5 Å². The average Bonchev–Trinajstić information content (AvgIpc) is 2.84. The maximum Gasteiger partial charge on any atom is 0.340 e. The van der Waals surface area contributed by atoms with Crippen LogP contribution in [0.4, 0.5) is 11.6 Å². The number of carbonyl (C=O) groups excluding carboxylic acids is 2. The van der Waals surface area contributed by atoms with Crippen LogP contribution in [0.1, 0.15) is 81.9 Å². The van der Waals surface area contributed by atoms with Crippen molar-refractivity contribution in [2.75, 3.05) is 19.4 Å². The summed E-state index contributed by atoms with van der Waals surface area (Å²) in [6.07, 6.45) is 4.60. The molecule has 0 spiro atoms. The summed E-state index contributed by atoms with van der Waals surface area (Å²) < 4.78 is 11.9. The zero-order chi connectivity index (χ0) is 29.2. The molecule has 3 aromatic heterocycles. The van der Waals surface area contributed by atoms with Gasteiger partial charge in [0.15, 0.2) is 0 Å². The van der Waals surface area contributed by atoms with Gasteiger partial charge in [-0.2, -0.15) is 0 Å². The molecule has 0 unspecified atom stereocenters. The smallest absolute Gasteiger partial charge is 0.340 e. The molecule has 3 aromatic rings. The van der Waals surface area contributed by atoms with Gasteiger partial charge in [-0.15, -0.1) is 0 Å². The predicted octanol–water partition coefficient (Wildman–Crippen LogP) is 4.65. The number of fused-ring (bicyclic) bond motifs is 2. The molecule has 1 fully saturated rings. The number of nitrogens with zero attached hydrogens (tertiary/aromatic N) is 4. The maximum atomic E-state index is 12.5. The van der Waals surface area contributed by atoms with E-state index in [4.69, 9.17) is 20.2 Å². The number of esters is 1. The SMILES string of the molecule is C[C@@H]1c2nc(Nc3cc4c(C(C)(C)N)cnc(OC5CC(C)(C(=O)N(C)C)C5)c4cn3)ccc2C(=O)OC1(C)C. The summed E-state index contributed by atoms with van der Waals surface area (Å²) in [7, 11) is 3.55. The molecule has 212 valence electrons. The quantitative estimate of drug-likeness (QED) is 0.424. The molecule has 1 atom stereocenters. The third kappa shape index (κ3) is 4.85. The van der Waals surface area contributed by atoms with Crippen molar-refractivity contribution in [3.8, 4) is 5.88 Å². The second-order valence-electron chi connectivity index (χ2n) is 12.7. The lowest BCUT2D eigenvalue weighted by Crippen LogP contribution is -2.51. The van der Waals surface area contributed by atoms with Gasteiger partial charge in [0.05, 0.1) is 22.1 Å². The first kappa shape index (κ1) is 27.8. The molecule has 10 nitrogen and oxygen atoms in total. The lowest BCUT2D eigenvalue weighted by molar-refractivity contribution is -0.149. The van der Waals surface area contributed by atoms with Gasteiger partial charge in [0, 0.05) is 37.9 Å².